The first-order chi connectivity index (χ1) is 16.6. The van der Waals surface area contributed by atoms with Gasteiger partial charge in [0.05, 0.1) is 11.3 Å². The molecule has 0 radical (unpaired) electrons. The average molecular weight is 490 g/mol. The van der Waals surface area contributed by atoms with Gasteiger partial charge in [-0.3, -0.25) is 9.59 Å². The lowest BCUT2D eigenvalue weighted by Gasteiger charge is -2.35. The summed E-state index contributed by atoms with van der Waals surface area (Å²) in [6, 6.07) is 18.0. The van der Waals surface area contributed by atoms with Crippen molar-refractivity contribution >= 4 is 45.6 Å². The van der Waals surface area contributed by atoms with E-state index in [-0.39, 0.29) is 23.1 Å². The second-order valence-corrected chi connectivity index (χ2v) is 10.6. The van der Waals surface area contributed by atoms with Crippen LogP contribution >= 0.6 is 23.1 Å². The van der Waals surface area contributed by atoms with E-state index < -0.39 is 0 Å². The quantitative estimate of drug-likeness (QED) is 0.400. The normalized spacial score (nSPS) is 16.9. The molecule has 1 aromatic heterocycles. The molecule has 2 aromatic carbocycles. The standard InChI is InChI=1S/C27H27N3O2S2/c1-2-16-30-26(32)24-21-10-6-7-11-22(21)34-25(24)29-27(30)33-17-23(31)28-20-14-12-19(13-15-20)18-8-4-3-5-9-18/h2-5,8-9,12-15,27,29H,1,6-7,10-11,16-17H2,(H,28,31)/t27-/m1/s1. The van der Waals surface area contributed by atoms with E-state index in [2.05, 4.69) is 29.3 Å². The molecule has 2 heterocycles. The number of nitrogens with zero attached hydrogens (tertiary/aromatic N) is 1. The Bertz CT molecular complexity index is 1200. The average Bonchev–Trinajstić information content (AvgIpc) is 3.24. The molecule has 5 rings (SSSR count). The highest BCUT2D eigenvalue weighted by Crippen LogP contribution is 2.42. The molecule has 174 valence electrons. The molecule has 2 amide bonds. The van der Waals surface area contributed by atoms with Crippen molar-refractivity contribution in [3.05, 3.63) is 83.3 Å². The van der Waals surface area contributed by atoms with Crippen LogP contribution in [0.1, 0.15) is 33.6 Å². The lowest BCUT2D eigenvalue weighted by atomic mass is 9.94. The molecular weight excluding hydrogens is 462 g/mol. The van der Waals surface area contributed by atoms with Crippen LogP contribution < -0.4 is 10.6 Å². The SMILES string of the molecule is C=CCN1C(=O)c2c(sc3c2CCCC3)N[C@H]1SCC(=O)Nc1ccc(-c2ccccc2)cc1. The highest BCUT2D eigenvalue weighted by Gasteiger charge is 2.37. The van der Waals surface area contributed by atoms with Crippen LogP contribution in [-0.4, -0.2) is 34.5 Å². The molecule has 1 aliphatic heterocycles. The maximum absolute atomic E-state index is 13.4. The van der Waals surface area contributed by atoms with Crippen LogP contribution in [-0.2, 0) is 17.6 Å². The number of carbonyl (C=O) groups is 2. The molecule has 0 saturated heterocycles. The van der Waals surface area contributed by atoms with Crippen molar-refractivity contribution in [2.24, 2.45) is 0 Å². The predicted octanol–water partition coefficient (Wildman–Crippen LogP) is 6.00. The number of benzene rings is 2. The van der Waals surface area contributed by atoms with Crippen LogP contribution in [0, 0.1) is 0 Å². The van der Waals surface area contributed by atoms with Gasteiger partial charge in [-0.15, -0.1) is 29.7 Å². The van der Waals surface area contributed by atoms with Gasteiger partial charge in [-0.05, 0) is 54.5 Å². The third kappa shape index (κ3) is 4.63. The van der Waals surface area contributed by atoms with Gasteiger partial charge >= 0.3 is 0 Å². The van der Waals surface area contributed by atoms with Crippen molar-refractivity contribution < 1.29 is 9.59 Å². The maximum atomic E-state index is 13.4. The topological polar surface area (TPSA) is 61.4 Å². The minimum Gasteiger partial charge on any atom is -0.348 e. The summed E-state index contributed by atoms with van der Waals surface area (Å²) in [5, 5.41) is 7.44. The van der Waals surface area contributed by atoms with Gasteiger partial charge in [-0.2, -0.15) is 0 Å². The van der Waals surface area contributed by atoms with Gasteiger partial charge < -0.3 is 15.5 Å². The number of nitrogens with one attached hydrogen (secondary N) is 2. The number of hydrogen-bond donors (Lipinski definition) is 2. The zero-order valence-electron chi connectivity index (χ0n) is 18.9. The summed E-state index contributed by atoms with van der Waals surface area (Å²) in [5.41, 5.74) is 4.76. The number of anilines is 2. The molecule has 2 aliphatic rings. The second-order valence-electron chi connectivity index (χ2n) is 8.46. The maximum Gasteiger partial charge on any atom is 0.259 e. The van der Waals surface area contributed by atoms with Gasteiger partial charge in [0.25, 0.3) is 5.91 Å². The Morgan fingerprint density at radius 1 is 1.12 bits per heavy atom. The summed E-state index contributed by atoms with van der Waals surface area (Å²) in [4.78, 5) is 29.2. The fraction of sp³-hybridized carbons (Fsp3) is 0.259. The third-order valence-electron chi connectivity index (χ3n) is 6.16. The molecule has 3 aromatic rings. The molecule has 0 saturated carbocycles. The Hall–Kier alpha value is -3.03. The molecule has 0 unspecified atom stereocenters. The van der Waals surface area contributed by atoms with E-state index in [1.165, 1.54) is 28.6 Å². The van der Waals surface area contributed by atoms with Crippen LogP contribution in [0.25, 0.3) is 11.1 Å². The third-order valence-corrected chi connectivity index (χ3v) is 8.50. The summed E-state index contributed by atoms with van der Waals surface area (Å²) in [6.45, 7) is 4.27. The minimum atomic E-state index is -0.302. The number of hydrogen-bond acceptors (Lipinski definition) is 5. The summed E-state index contributed by atoms with van der Waals surface area (Å²) in [6.07, 6.45) is 6.08. The van der Waals surface area contributed by atoms with Gasteiger partial charge in [0.15, 0.2) is 5.50 Å². The Balaban J connectivity index is 1.24. The number of thiophene rings is 1. The zero-order valence-corrected chi connectivity index (χ0v) is 20.5. The Kier molecular flexibility index (Phi) is 6.74. The summed E-state index contributed by atoms with van der Waals surface area (Å²) >= 11 is 3.13. The van der Waals surface area contributed by atoms with E-state index >= 15 is 0 Å². The Labute approximate surface area is 208 Å². The van der Waals surface area contributed by atoms with Crippen molar-refractivity contribution in [2.75, 3.05) is 22.9 Å². The molecule has 1 atom stereocenters. The van der Waals surface area contributed by atoms with Crippen LogP contribution in [0.2, 0.25) is 0 Å². The second kappa shape index (κ2) is 10.1. The first-order valence-electron chi connectivity index (χ1n) is 11.5. The molecule has 0 spiro atoms. The first kappa shape index (κ1) is 22.7. The fourth-order valence-corrected chi connectivity index (χ4v) is 6.83. The van der Waals surface area contributed by atoms with E-state index in [0.29, 0.717) is 6.54 Å². The summed E-state index contributed by atoms with van der Waals surface area (Å²) in [5.74, 6) is 0.184. The minimum absolute atomic E-state index is 0.0439. The molecule has 0 bridgehead atoms. The number of rotatable bonds is 7. The van der Waals surface area contributed by atoms with Gasteiger partial charge in [0.2, 0.25) is 5.91 Å². The van der Waals surface area contributed by atoms with Crippen LogP contribution in [0.15, 0.2) is 67.3 Å². The van der Waals surface area contributed by atoms with Crippen molar-refractivity contribution in [3.63, 3.8) is 0 Å². The number of amides is 2. The van der Waals surface area contributed by atoms with E-state index in [1.54, 1.807) is 22.3 Å². The number of fused-ring (bicyclic) bond motifs is 3. The Morgan fingerprint density at radius 2 is 1.85 bits per heavy atom. The Morgan fingerprint density at radius 3 is 2.62 bits per heavy atom. The lowest BCUT2D eigenvalue weighted by Crippen LogP contribution is -2.47. The number of aryl methyl sites for hydroxylation is 1. The zero-order chi connectivity index (χ0) is 23.5. The van der Waals surface area contributed by atoms with Crippen LogP contribution in [0.4, 0.5) is 10.7 Å². The molecule has 1 aliphatic carbocycles. The van der Waals surface area contributed by atoms with Gasteiger partial charge in [0.1, 0.15) is 5.00 Å². The van der Waals surface area contributed by atoms with Crippen LogP contribution in [0.5, 0.6) is 0 Å². The highest BCUT2D eigenvalue weighted by atomic mass is 32.2. The number of thioether (sulfide) groups is 1. The summed E-state index contributed by atoms with van der Waals surface area (Å²) in [7, 11) is 0. The largest absolute Gasteiger partial charge is 0.348 e. The van der Waals surface area contributed by atoms with E-state index in [9.17, 15) is 9.59 Å². The molecule has 2 N–H and O–H groups in total. The number of carbonyl (C=O) groups excluding carboxylic acids is 2. The van der Waals surface area contributed by atoms with Gasteiger partial charge in [-0.1, -0.05) is 48.5 Å². The van der Waals surface area contributed by atoms with E-state index in [4.69, 9.17) is 0 Å². The van der Waals surface area contributed by atoms with Crippen molar-refractivity contribution in [1.29, 1.82) is 0 Å². The monoisotopic (exact) mass is 489 g/mol. The lowest BCUT2D eigenvalue weighted by molar-refractivity contribution is -0.113. The first-order valence-corrected chi connectivity index (χ1v) is 13.4. The molecule has 34 heavy (non-hydrogen) atoms. The van der Waals surface area contributed by atoms with E-state index in [1.807, 2.05) is 42.5 Å². The molecule has 7 heteroatoms. The molecule has 5 nitrogen and oxygen atoms in total. The fourth-order valence-electron chi connectivity index (χ4n) is 4.51. The van der Waals surface area contributed by atoms with Crippen LogP contribution in [0.3, 0.4) is 0 Å². The van der Waals surface area contributed by atoms with Crippen molar-refractivity contribution in [3.8, 4) is 11.1 Å². The van der Waals surface area contributed by atoms with Crippen molar-refractivity contribution in [2.45, 2.75) is 31.2 Å². The van der Waals surface area contributed by atoms with Gasteiger partial charge in [-0.25, -0.2) is 0 Å². The van der Waals surface area contributed by atoms with Gasteiger partial charge in [0, 0.05) is 17.1 Å². The van der Waals surface area contributed by atoms with E-state index in [0.717, 1.165) is 46.6 Å². The highest BCUT2D eigenvalue weighted by molar-refractivity contribution is 8.00. The molecular formula is C27H27N3O2S2. The molecule has 0 fully saturated rings. The summed E-state index contributed by atoms with van der Waals surface area (Å²) < 4.78 is 0. The smallest absolute Gasteiger partial charge is 0.259 e. The predicted molar refractivity (Wildman–Crippen MR) is 143 cm³/mol. The van der Waals surface area contributed by atoms with Crippen molar-refractivity contribution in [1.82, 2.24) is 4.90 Å².